The average Bonchev–Trinajstić information content (AvgIpc) is 3.01. The lowest BCUT2D eigenvalue weighted by molar-refractivity contribution is -0.132. The fraction of sp³-hybridized carbons (Fsp3) is 0.417. The fourth-order valence-corrected chi connectivity index (χ4v) is 3.88. The van der Waals surface area contributed by atoms with E-state index in [1.165, 1.54) is 0 Å². The summed E-state index contributed by atoms with van der Waals surface area (Å²) < 4.78 is 11.3. The van der Waals surface area contributed by atoms with Crippen molar-refractivity contribution in [1.82, 2.24) is 9.80 Å². The number of carbonyl (C=O) groups is 2. The number of carbonyl (C=O) groups excluding carboxylic acids is 2. The number of amides is 2. The molecule has 0 aromatic heterocycles. The van der Waals surface area contributed by atoms with Crippen LogP contribution in [0.25, 0.3) is 0 Å². The van der Waals surface area contributed by atoms with E-state index in [2.05, 4.69) is 10.2 Å². The fourth-order valence-electron chi connectivity index (χ4n) is 3.88. The molecule has 2 aliphatic heterocycles. The van der Waals surface area contributed by atoms with Crippen molar-refractivity contribution in [3.8, 4) is 11.5 Å². The van der Waals surface area contributed by atoms with Gasteiger partial charge in [0.1, 0.15) is 0 Å². The predicted octanol–water partition coefficient (Wildman–Crippen LogP) is 2.48. The van der Waals surface area contributed by atoms with E-state index in [0.717, 1.165) is 17.5 Å². The van der Waals surface area contributed by atoms with Crippen LogP contribution < -0.4 is 14.8 Å². The summed E-state index contributed by atoms with van der Waals surface area (Å²) in [5.41, 5.74) is 2.91. The van der Waals surface area contributed by atoms with E-state index < -0.39 is 0 Å². The molecular formula is C24H29N3O4. The van der Waals surface area contributed by atoms with Gasteiger partial charge in [0, 0.05) is 44.4 Å². The quantitative estimate of drug-likeness (QED) is 0.800. The number of rotatable bonds is 5. The minimum atomic E-state index is -0.0748. The van der Waals surface area contributed by atoms with Crippen LogP contribution in [0.2, 0.25) is 0 Å². The highest BCUT2D eigenvalue weighted by atomic mass is 16.5. The number of nitrogens with one attached hydrogen (secondary N) is 1. The summed E-state index contributed by atoms with van der Waals surface area (Å²) in [6.07, 6.45) is 1.27. The first-order valence-corrected chi connectivity index (χ1v) is 10.8. The van der Waals surface area contributed by atoms with Crippen LogP contribution in [0, 0.1) is 6.92 Å². The van der Waals surface area contributed by atoms with Crippen molar-refractivity contribution >= 4 is 17.5 Å². The second-order valence-electron chi connectivity index (χ2n) is 8.02. The van der Waals surface area contributed by atoms with E-state index in [1.54, 1.807) is 6.07 Å². The number of fused-ring (bicyclic) bond motifs is 1. The standard InChI is InChI=1S/C24H29N3O4/c1-18-5-2-3-6-19(18)15-24(29)27-11-9-26(10-12-27)17-23(28)25-20-7-8-21-22(16-20)31-14-4-13-30-21/h2-3,5-8,16H,4,9-15,17H2,1H3,(H,25,28). The lowest BCUT2D eigenvalue weighted by atomic mass is 10.1. The molecule has 7 heteroatoms. The molecule has 1 N–H and O–H groups in total. The Labute approximate surface area is 182 Å². The van der Waals surface area contributed by atoms with Gasteiger partial charge in [-0.15, -0.1) is 0 Å². The summed E-state index contributed by atoms with van der Waals surface area (Å²) in [4.78, 5) is 29.1. The first-order valence-electron chi connectivity index (χ1n) is 10.8. The van der Waals surface area contributed by atoms with Crippen molar-refractivity contribution in [2.45, 2.75) is 19.8 Å². The third-order valence-corrected chi connectivity index (χ3v) is 5.73. The maximum Gasteiger partial charge on any atom is 0.238 e. The van der Waals surface area contributed by atoms with Crippen LogP contribution in [0.15, 0.2) is 42.5 Å². The molecule has 0 bridgehead atoms. The van der Waals surface area contributed by atoms with Crippen molar-refractivity contribution in [2.75, 3.05) is 51.3 Å². The minimum Gasteiger partial charge on any atom is -0.490 e. The van der Waals surface area contributed by atoms with Gasteiger partial charge < -0.3 is 19.7 Å². The summed E-state index contributed by atoms with van der Waals surface area (Å²) >= 11 is 0. The summed E-state index contributed by atoms with van der Waals surface area (Å²) in [7, 11) is 0. The lowest BCUT2D eigenvalue weighted by Crippen LogP contribution is -2.50. The Balaban J connectivity index is 1.24. The molecule has 31 heavy (non-hydrogen) atoms. The smallest absolute Gasteiger partial charge is 0.238 e. The molecule has 0 aliphatic carbocycles. The van der Waals surface area contributed by atoms with Gasteiger partial charge in [-0.3, -0.25) is 14.5 Å². The molecule has 164 valence electrons. The Kier molecular flexibility index (Phi) is 6.72. The van der Waals surface area contributed by atoms with E-state index >= 15 is 0 Å². The van der Waals surface area contributed by atoms with Crippen molar-refractivity contribution in [2.24, 2.45) is 0 Å². The summed E-state index contributed by atoms with van der Waals surface area (Å²) in [6.45, 7) is 6.23. The predicted molar refractivity (Wildman–Crippen MR) is 119 cm³/mol. The molecule has 2 amide bonds. The molecule has 0 radical (unpaired) electrons. The number of hydrogen-bond acceptors (Lipinski definition) is 5. The van der Waals surface area contributed by atoms with Crippen molar-refractivity contribution in [3.05, 3.63) is 53.6 Å². The normalized spacial score (nSPS) is 16.5. The van der Waals surface area contributed by atoms with Gasteiger partial charge in [0.05, 0.1) is 26.2 Å². The largest absolute Gasteiger partial charge is 0.490 e. The zero-order valence-electron chi connectivity index (χ0n) is 17.9. The SMILES string of the molecule is Cc1ccccc1CC(=O)N1CCN(CC(=O)Nc2ccc3c(c2)OCCCO3)CC1. The van der Waals surface area contributed by atoms with Gasteiger partial charge in [-0.25, -0.2) is 0 Å². The molecular weight excluding hydrogens is 394 g/mol. The van der Waals surface area contributed by atoms with Crippen LogP contribution in [-0.4, -0.2) is 67.6 Å². The van der Waals surface area contributed by atoms with Crippen LogP contribution in [-0.2, 0) is 16.0 Å². The van der Waals surface area contributed by atoms with Crippen LogP contribution in [0.5, 0.6) is 11.5 Å². The molecule has 0 unspecified atom stereocenters. The molecule has 2 aromatic carbocycles. The third kappa shape index (κ3) is 5.55. The monoisotopic (exact) mass is 423 g/mol. The van der Waals surface area contributed by atoms with Crippen molar-refractivity contribution in [1.29, 1.82) is 0 Å². The van der Waals surface area contributed by atoms with Crippen LogP contribution >= 0.6 is 0 Å². The van der Waals surface area contributed by atoms with Crippen molar-refractivity contribution in [3.63, 3.8) is 0 Å². The first-order chi connectivity index (χ1) is 15.1. The van der Waals surface area contributed by atoms with E-state index in [1.807, 2.05) is 48.2 Å². The lowest BCUT2D eigenvalue weighted by Gasteiger charge is -2.34. The molecule has 2 aromatic rings. The van der Waals surface area contributed by atoms with Gasteiger partial charge in [-0.2, -0.15) is 0 Å². The third-order valence-electron chi connectivity index (χ3n) is 5.73. The van der Waals surface area contributed by atoms with Crippen LogP contribution in [0.4, 0.5) is 5.69 Å². The molecule has 0 spiro atoms. The van der Waals surface area contributed by atoms with Crippen molar-refractivity contribution < 1.29 is 19.1 Å². The highest BCUT2D eigenvalue weighted by Crippen LogP contribution is 2.32. The van der Waals surface area contributed by atoms with E-state index in [9.17, 15) is 9.59 Å². The Bertz CT molecular complexity index is 938. The van der Waals surface area contributed by atoms with Crippen LogP contribution in [0.3, 0.4) is 0 Å². The number of anilines is 1. The molecule has 0 saturated carbocycles. The topological polar surface area (TPSA) is 71.1 Å². The summed E-state index contributed by atoms with van der Waals surface area (Å²) in [5.74, 6) is 1.44. The Morgan fingerprint density at radius 1 is 0.968 bits per heavy atom. The zero-order chi connectivity index (χ0) is 21.6. The van der Waals surface area contributed by atoms with Gasteiger partial charge in [0.15, 0.2) is 11.5 Å². The molecule has 0 atom stereocenters. The maximum absolute atomic E-state index is 12.6. The molecule has 1 saturated heterocycles. The molecule has 2 heterocycles. The first kappa shape index (κ1) is 21.2. The van der Waals surface area contributed by atoms with E-state index in [0.29, 0.717) is 69.5 Å². The second kappa shape index (κ2) is 9.83. The number of hydrogen-bond donors (Lipinski definition) is 1. The molecule has 7 nitrogen and oxygen atoms in total. The van der Waals surface area contributed by atoms with E-state index in [-0.39, 0.29) is 11.8 Å². The van der Waals surface area contributed by atoms with Crippen LogP contribution in [0.1, 0.15) is 17.5 Å². The number of nitrogens with zero attached hydrogens (tertiary/aromatic N) is 2. The van der Waals surface area contributed by atoms with Gasteiger partial charge in [-0.05, 0) is 30.2 Å². The Morgan fingerprint density at radius 2 is 1.71 bits per heavy atom. The highest BCUT2D eigenvalue weighted by molar-refractivity contribution is 5.92. The maximum atomic E-state index is 12.6. The summed E-state index contributed by atoms with van der Waals surface area (Å²) in [6, 6.07) is 13.5. The highest BCUT2D eigenvalue weighted by Gasteiger charge is 2.23. The molecule has 2 aliphatic rings. The molecule has 1 fully saturated rings. The minimum absolute atomic E-state index is 0.0748. The van der Waals surface area contributed by atoms with Gasteiger partial charge in [0.25, 0.3) is 0 Å². The number of aryl methyl sites for hydroxylation is 1. The Hall–Kier alpha value is -3.06. The zero-order valence-corrected chi connectivity index (χ0v) is 17.9. The second-order valence-corrected chi connectivity index (χ2v) is 8.02. The Morgan fingerprint density at radius 3 is 2.48 bits per heavy atom. The number of piperazine rings is 1. The number of ether oxygens (including phenoxy) is 2. The van der Waals surface area contributed by atoms with Gasteiger partial charge in [0.2, 0.25) is 11.8 Å². The average molecular weight is 424 g/mol. The summed E-state index contributed by atoms with van der Waals surface area (Å²) in [5, 5.41) is 2.94. The van der Waals surface area contributed by atoms with E-state index in [4.69, 9.17) is 9.47 Å². The van der Waals surface area contributed by atoms with Gasteiger partial charge >= 0.3 is 0 Å². The number of benzene rings is 2. The van der Waals surface area contributed by atoms with Gasteiger partial charge in [-0.1, -0.05) is 24.3 Å². The molecule has 4 rings (SSSR count).